The van der Waals surface area contributed by atoms with Crippen molar-refractivity contribution in [2.45, 2.75) is 65.9 Å². The molecule has 0 saturated heterocycles. The van der Waals surface area contributed by atoms with Gasteiger partial charge in [-0.1, -0.05) is 37.3 Å². The Morgan fingerprint density at radius 2 is 1.68 bits per heavy atom. The van der Waals surface area contributed by atoms with Crippen LogP contribution >= 0.6 is 0 Å². The number of imide groups is 1. The maximum Gasteiger partial charge on any atom is 0.329 e. The van der Waals surface area contributed by atoms with Crippen molar-refractivity contribution < 1.29 is 28.6 Å². The predicted octanol–water partition coefficient (Wildman–Crippen LogP) is 3.76. The number of amides is 3. The van der Waals surface area contributed by atoms with Crippen LogP contribution in [0.15, 0.2) is 30.3 Å². The van der Waals surface area contributed by atoms with E-state index in [-0.39, 0.29) is 6.54 Å². The SMILES string of the molecule is CCOC(CC)N(CC(OC)c1ccccc1)C(=O)N(CC(=O)OC(C)(C)C)C(C)=O. The van der Waals surface area contributed by atoms with E-state index in [1.807, 2.05) is 44.2 Å². The first-order chi connectivity index (χ1) is 14.5. The number of rotatable bonds is 10. The molecule has 0 radical (unpaired) electrons. The van der Waals surface area contributed by atoms with Crippen LogP contribution in [0.25, 0.3) is 0 Å². The molecule has 0 saturated carbocycles. The van der Waals surface area contributed by atoms with Crippen LogP contribution in [0.3, 0.4) is 0 Å². The monoisotopic (exact) mass is 436 g/mol. The highest BCUT2D eigenvalue weighted by atomic mass is 16.6. The lowest BCUT2D eigenvalue weighted by Crippen LogP contribution is -2.53. The van der Waals surface area contributed by atoms with Gasteiger partial charge in [0.2, 0.25) is 5.91 Å². The quantitative estimate of drug-likeness (QED) is 0.410. The second kappa shape index (κ2) is 12.4. The largest absolute Gasteiger partial charge is 0.459 e. The van der Waals surface area contributed by atoms with Crippen LogP contribution in [0.2, 0.25) is 0 Å². The molecule has 2 atom stereocenters. The van der Waals surface area contributed by atoms with Gasteiger partial charge in [-0.3, -0.25) is 19.4 Å². The number of methoxy groups -OCH3 is 1. The Kier molecular flexibility index (Phi) is 10.6. The van der Waals surface area contributed by atoms with Gasteiger partial charge in [0.25, 0.3) is 0 Å². The van der Waals surface area contributed by atoms with E-state index in [0.29, 0.717) is 13.0 Å². The van der Waals surface area contributed by atoms with Crippen LogP contribution in [-0.4, -0.2) is 66.3 Å². The molecule has 0 aliphatic rings. The first-order valence-electron chi connectivity index (χ1n) is 10.5. The number of nitrogens with zero attached hydrogens (tertiary/aromatic N) is 2. The summed E-state index contributed by atoms with van der Waals surface area (Å²) in [6.45, 7) is 10.2. The van der Waals surface area contributed by atoms with Crippen LogP contribution < -0.4 is 0 Å². The first kappa shape index (κ1) is 26.6. The van der Waals surface area contributed by atoms with Crippen molar-refractivity contribution in [1.82, 2.24) is 9.80 Å². The lowest BCUT2D eigenvalue weighted by atomic mass is 10.1. The predicted molar refractivity (Wildman–Crippen MR) is 117 cm³/mol. The van der Waals surface area contributed by atoms with Gasteiger partial charge in [-0.05, 0) is 39.7 Å². The van der Waals surface area contributed by atoms with Gasteiger partial charge in [0, 0.05) is 20.6 Å². The molecule has 174 valence electrons. The molecule has 3 amide bonds. The summed E-state index contributed by atoms with van der Waals surface area (Å²) in [5, 5.41) is 0. The van der Waals surface area contributed by atoms with E-state index >= 15 is 0 Å². The average Bonchev–Trinajstić information content (AvgIpc) is 2.70. The van der Waals surface area contributed by atoms with Crippen molar-refractivity contribution in [3.8, 4) is 0 Å². The molecule has 0 bridgehead atoms. The molecule has 31 heavy (non-hydrogen) atoms. The van der Waals surface area contributed by atoms with E-state index in [0.717, 1.165) is 10.5 Å². The molecule has 1 rings (SSSR count). The molecule has 1 aromatic carbocycles. The maximum atomic E-state index is 13.4. The van der Waals surface area contributed by atoms with Gasteiger partial charge in [-0.2, -0.15) is 0 Å². The summed E-state index contributed by atoms with van der Waals surface area (Å²) in [6.07, 6.45) is -0.516. The van der Waals surface area contributed by atoms with E-state index in [2.05, 4.69) is 0 Å². The number of hydrogen-bond acceptors (Lipinski definition) is 6. The lowest BCUT2D eigenvalue weighted by molar-refractivity contribution is -0.158. The van der Waals surface area contributed by atoms with Gasteiger partial charge >= 0.3 is 12.0 Å². The molecule has 0 aromatic heterocycles. The smallest absolute Gasteiger partial charge is 0.329 e. The van der Waals surface area contributed by atoms with Crippen molar-refractivity contribution in [2.24, 2.45) is 0 Å². The van der Waals surface area contributed by atoms with E-state index in [1.54, 1.807) is 27.9 Å². The standard InChI is InChI=1S/C23H36N2O6/c1-8-20(30-9-2)25(15-19(29-7)18-13-11-10-12-14-18)22(28)24(17(3)26)16-21(27)31-23(4,5)6/h10-14,19-20H,8-9,15-16H2,1-7H3. The summed E-state index contributed by atoms with van der Waals surface area (Å²) in [5.74, 6) is -1.22. The highest BCUT2D eigenvalue weighted by Gasteiger charge is 2.34. The van der Waals surface area contributed by atoms with Crippen LogP contribution in [0, 0.1) is 0 Å². The number of ether oxygens (including phenoxy) is 3. The summed E-state index contributed by atoms with van der Waals surface area (Å²) in [5.41, 5.74) is 0.157. The number of urea groups is 1. The van der Waals surface area contributed by atoms with E-state index in [9.17, 15) is 14.4 Å². The van der Waals surface area contributed by atoms with Gasteiger partial charge in [0.05, 0.1) is 12.6 Å². The molecule has 0 aliphatic carbocycles. The number of carbonyl (C=O) groups excluding carboxylic acids is 3. The number of carbonyl (C=O) groups is 3. The Morgan fingerprint density at radius 3 is 2.13 bits per heavy atom. The third-order valence-electron chi connectivity index (χ3n) is 4.44. The highest BCUT2D eigenvalue weighted by Crippen LogP contribution is 2.22. The van der Waals surface area contributed by atoms with E-state index in [1.165, 1.54) is 11.8 Å². The minimum absolute atomic E-state index is 0.149. The fourth-order valence-corrected chi connectivity index (χ4v) is 3.07. The Balaban J connectivity index is 3.20. The zero-order valence-electron chi connectivity index (χ0n) is 19.7. The normalized spacial score (nSPS) is 13.3. The number of esters is 1. The lowest BCUT2D eigenvalue weighted by Gasteiger charge is -2.36. The average molecular weight is 437 g/mol. The summed E-state index contributed by atoms with van der Waals surface area (Å²) in [4.78, 5) is 40.4. The summed E-state index contributed by atoms with van der Waals surface area (Å²) in [6, 6.07) is 8.85. The molecule has 0 fully saturated rings. The molecular formula is C23H36N2O6. The van der Waals surface area contributed by atoms with Crippen LogP contribution in [0.1, 0.15) is 59.6 Å². The molecule has 2 unspecified atom stereocenters. The fraction of sp³-hybridized carbons (Fsp3) is 0.609. The molecule has 0 heterocycles. The molecule has 0 spiro atoms. The molecule has 1 aromatic rings. The summed E-state index contributed by atoms with van der Waals surface area (Å²) in [7, 11) is 1.56. The van der Waals surface area contributed by atoms with Gasteiger partial charge < -0.3 is 14.2 Å². The zero-order valence-corrected chi connectivity index (χ0v) is 19.7. The van der Waals surface area contributed by atoms with E-state index < -0.39 is 42.4 Å². The van der Waals surface area contributed by atoms with Crippen molar-refractivity contribution in [2.75, 3.05) is 26.8 Å². The van der Waals surface area contributed by atoms with Crippen molar-refractivity contribution in [3.63, 3.8) is 0 Å². The zero-order chi connectivity index (χ0) is 23.6. The molecule has 0 N–H and O–H groups in total. The summed E-state index contributed by atoms with van der Waals surface area (Å²) >= 11 is 0. The molecular weight excluding hydrogens is 400 g/mol. The Bertz CT molecular complexity index is 717. The minimum Gasteiger partial charge on any atom is -0.459 e. The Hall–Kier alpha value is -2.45. The van der Waals surface area contributed by atoms with Gasteiger partial charge in [-0.25, -0.2) is 4.79 Å². The van der Waals surface area contributed by atoms with E-state index in [4.69, 9.17) is 14.2 Å². The first-order valence-corrected chi connectivity index (χ1v) is 10.5. The minimum atomic E-state index is -0.728. The van der Waals surface area contributed by atoms with Crippen LogP contribution in [0.5, 0.6) is 0 Å². The molecule has 0 aliphatic heterocycles. The molecule has 8 nitrogen and oxygen atoms in total. The fourth-order valence-electron chi connectivity index (χ4n) is 3.07. The van der Waals surface area contributed by atoms with Gasteiger partial charge in [0.15, 0.2) is 0 Å². The topological polar surface area (TPSA) is 85.4 Å². The van der Waals surface area contributed by atoms with Crippen molar-refractivity contribution in [3.05, 3.63) is 35.9 Å². The Morgan fingerprint density at radius 1 is 1.06 bits per heavy atom. The Labute approximate surface area is 185 Å². The molecule has 8 heteroatoms. The third-order valence-corrected chi connectivity index (χ3v) is 4.44. The summed E-state index contributed by atoms with van der Waals surface area (Å²) < 4.78 is 16.7. The number of hydrogen-bond donors (Lipinski definition) is 0. The van der Waals surface area contributed by atoms with Gasteiger partial charge in [0.1, 0.15) is 18.4 Å². The van der Waals surface area contributed by atoms with Gasteiger partial charge in [-0.15, -0.1) is 0 Å². The maximum absolute atomic E-state index is 13.4. The van der Waals surface area contributed by atoms with Crippen LogP contribution in [-0.2, 0) is 23.8 Å². The van der Waals surface area contributed by atoms with Crippen molar-refractivity contribution in [1.29, 1.82) is 0 Å². The second-order valence-electron chi connectivity index (χ2n) is 8.08. The van der Waals surface area contributed by atoms with Crippen LogP contribution in [0.4, 0.5) is 4.79 Å². The third kappa shape index (κ3) is 8.67. The van der Waals surface area contributed by atoms with Crippen molar-refractivity contribution >= 4 is 17.9 Å². The number of benzene rings is 1. The second-order valence-corrected chi connectivity index (χ2v) is 8.08. The highest BCUT2D eigenvalue weighted by molar-refractivity contribution is 5.96.